The van der Waals surface area contributed by atoms with Crippen LogP contribution in [0, 0.1) is 0 Å². The number of hydrogen-bond donors (Lipinski definition) is 2. The van der Waals surface area contributed by atoms with Crippen LogP contribution in [0.3, 0.4) is 0 Å². The Morgan fingerprint density at radius 3 is 2.35 bits per heavy atom. The summed E-state index contributed by atoms with van der Waals surface area (Å²) in [6.45, 7) is -0.413. The van der Waals surface area contributed by atoms with Crippen LogP contribution in [0.2, 0.25) is 0 Å². The van der Waals surface area contributed by atoms with Crippen LogP contribution in [0.25, 0.3) is 0 Å². The molecular weight excluding hydrogens is 452 g/mol. The van der Waals surface area contributed by atoms with Gasteiger partial charge >= 0.3 is 5.97 Å². The second-order valence-corrected chi connectivity index (χ2v) is 7.52. The van der Waals surface area contributed by atoms with Gasteiger partial charge in [-0.05, 0) is 62.2 Å². The van der Waals surface area contributed by atoms with Crippen LogP contribution in [0.15, 0.2) is 38.6 Å². The van der Waals surface area contributed by atoms with Gasteiger partial charge in [0.05, 0.1) is 3.79 Å². The lowest BCUT2D eigenvalue weighted by Gasteiger charge is -2.06. The predicted octanol–water partition coefficient (Wildman–Crippen LogP) is 3.17. The van der Waals surface area contributed by atoms with Crippen molar-refractivity contribution >= 4 is 66.7 Å². The zero-order valence-corrected chi connectivity index (χ0v) is 15.5. The van der Waals surface area contributed by atoms with Crippen LogP contribution in [0.1, 0.15) is 20.0 Å². The van der Waals surface area contributed by atoms with E-state index in [1.165, 1.54) is 35.6 Å². The third kappa shape index (κ3) is 4.88. The zero-order valence-electron chi connectivity index (χ0n) is 11.5. The maximum Gasteiger partial charge on any atom is 0.348 e. The maximum absolute atomic E-state index is 11.8. The van der Waals surface area contributed by atoms with E-state index in [1.807, 2.05) is 0 Å². The predicted molar refractivity (Wildman–Crippen MR) is 93.6 cm³/mol. The molecule has 1 heterocycles. The molecule has 2 aromatic rings. The minimum Gasteiger partial charge on any atom is -0.451 e. The summed E-state index contributed by atoms with van der Waals surface area (Å²) >= 11 is 7.75. The molecule has 0 spiro atoms. The molecule has 0 fully saturated rings. The molecule has 2 rings (SSSR count). The number of esters is 1. The molecule has 0 atom stereocenters. The minimum atomic E-state index is -0.583. The van der Waals surface area contributed by atoms with E-state index >= 15 is 0 Å². The summed E-state index contributed by atoms with van der Waals surface area (Å²) in [5, 5.41) is 2.55. The van der Waals surface area contributed by atoms with Crippen molar-refractivity contribution in [2.24, 2.45) is 5.73 Å². The molecule has 9 heteroatoms. The minimum absolute atomic E-state index is 0.336. The van der Waals surface area contributed by atoms with Crippen LogP contribution >= 0.6 is 43.2 Å². The van der Waals surface area contributed by atoms with Crippen LogP contribution in [-0.4, -0.2) is 24.4 Å². The second-order valence-electron chi connectivity index (χ2n) is 4.30. The van der Waals surface area contributed by atoms with E-state index in [-0.39, 0.29) is 0 Å². The Kier molecular flexibility index (Phi) is 5.91. The average molecular weight is 462 g/mol. The molecule has 0 saturated heterocycles. The fraction of sp³-hybridized carbons (Fsp3) is 0.0714. The number of primary amides is 1. The number of carbonyl (C=O) groups excluding carboxylic acids is 3. The number of carbonyl (C=O) groups is 3. The lowest BCUT2D eigenvalue weighted by Crippen LogP contribution is -2.20. The van der Waals surface area contributed by atoms with Gasteiger partial charge in [-0.1, -0.05) is 0 Å². The molecule has 1 aromatic carbocycles. The Bertz CT molecular complexity index is 739. The van der Waals surface area contributed by atoms with Crippen molar-refractivity contribution in [1.82, 2.24) is 0 Å². The van der Waals surface area contributed by atoms with Crippen molar-refractivity contribution < 1.29 is 19.1 Å². The van der Waals surface area contributed by atoms with Crippen LogP contribution in [-0.2, 0) is 9.53 Å². The third-order valence-electron chi connectivity index (χ3n) is 2.63. The molecule has 0 bridgehead atoms. The third-order valence-corrected chi connectivity index (χ3v) is 5.87. The first-order chi connectivity index (χ1) is 10.9. The highest BCUT2D eigenvalue weighted by atomic mass is 79.9. The van der Waals surface area contributed by atoms with E-state index in [2.05, 4.69) is 37.2 Å². The molecule has 120 valence electrons. The number of ether oxygens (including phenoxy) is 1. The Hall–Kier alpha value is -1.71. The van der Waals surface area contributed by atoms with Crippen molar-refractivity contribution in [3.8, 4) is 0 Å². The van der Waals surface area contributed by atoms with Gasteiger partial charge < -0.3 is 15.8 Å². The number of halogens is 2. The number of anilines is 1. The number of amides is 2. The Morgan fingerprint density at radius 1 is 1.17 bits per heavy atom. The summed E-state index contributed by atoms with van der Waals surface area (Å²) in [7, 11) is 0. The monoisotopic (exact) mass is 460 g/mol. The number of nitrogens with one attached hydrogen (secondary N) is 1. The number of hydrogen-bond acceptors (Lipinski definition) is 5. The second kappa shape index (κ2) is 7.71. The molecule has 23 heavy (non-hydrogen) atoms. The highest BCUT2D eigenvalue weighted by Crippen LogP contribution is 2.32. The largest absolute Gasteiger partial charge is 0.451 e. The van der Waals surface area contributed by atoms with Gasteiger partial charge in [-0.2, -0.15) is 0 Å². The Balaban J connectivity index is 1.87. The van der Waals surface area contributed by atoms with E-state index in [1.54, 1.807) is 6.07 Å². The number of nitrogens with two attached hydrogens (primary N) is 1. The van der Waals surface area contributed by atoms with E-state index in [9.17, 15) is 14.4 Å². The van der Waals surface area contributed by atoms with Gasteiger partial charge in [-0.15, -0.1) is 11.3 Å². The highest BCUT2D eigenvalue weighted by molar-refractivity contribution is 9.13. The van der Waals surface area contributed by atoms with Gasteiger partial charge in [0.2, 0.25) is 5.91 Å². The molecule has 2 amide bonds. The number of thiophene rings is 1. The van der Waals surface area contributed by atoms with Gasteiger partial charge in [-0.3, -0.25) is 9.59 Å². The van der Waals surface area contributed by atoms with E-state index < -0.39 is 24.4 Å². The summed E-state index contributed by atoms with van der Waals surface area (Å²) in [6, 6.07) is 7.66. The molecule has 0 saturated carbocycles. The quantitative estimate of drug-likeness (QED) is 0.668. The molecule has 0 aliphatic carbocycles. The van der Waals surface area contributed by atoms with Gasteiger partial charge in [0.25, 0.3) is 5.91 Å². The average Bonchev–Trinajstić information content (AvgIpc) is 2.85. The molecule has 3 N–H and O–H groups in total. The lowest BCUT2D eigenvalue weighted by molar-refractivity contribution is -0.119. The van der Waals surface area contributed by atoms with E-state index in [0.717, 1.165) is 8.26 Å². The normalized spacial score (nSPS) is 10.2. The molecule has 0 aliphatic heterocycles. The maximum atomic E-state index is 11.8. The van der Waals surface area contributed by atoms with Gasteiger partial charge in [0.1, 0.15) is 4.88 Å². The van der Waals surface area contributed by atoms with Crippen molar-refractivity contribution in [2.75, 3.05) is 11.9 Å². The first-order valence-corrected chi connectivity index (χ1v) is 8.58. The van der Waals surface area contributed by atoms with Gasteiger partial charge in [0.15, 0.2) is 6.61 Å². The first-order valence-electron chi connectivity index (χ1n) is 6.18. The molecule has 0 aliphatic rings. The van der Waals surface area contributed by atoms with Gasteiger partial charge in [0, 0.05) is 15.7 Å². The first kappa shape index (κ1) is 17.6. The van der Waals surface area contributed by atoms with Crippen molar-refractivity contribution in [3.63, 3.8) is 0 Å². The summed E-state index contributed by atoms with van der Waals surface area (Å²) in [4.78, 5) is 34.9. The van der Waals surface area contributed by atoms with Crippen LogP contribution in [0.4, 0.5) is 5.69 Å². The van der Waals surface area contributed by atoms with Gasteiger partial charge in [-0.25, -0.2) is 4.79 Å². The van der Waals surface area contributed by atoms with Crippen molar-refractivity contribution in [2.45, 2.75) is 0 Å². The zero-order chi connectivity index (χ0) is 17.0. The van der Waals surface area contributed by atoms with E-state index in [0.29, 0.717) is 16.1 Å². The molecule has 1 aromatic heterocycles. The summed E-state index contributed by atoms with van der Waals surface area (Å²) < 4.78 is 6.45. The molecule has 0 unspecified atom stereocenters. The standard InChI is InChI=1S/C14H10Br2N2O4S/c15-9-5-10(23-12(9)16)14(21)22-6-11(19)18-8-3-1-7(2-4-8)13(17)20/h1-5H,6H2,(H2,17,20)(H,18,19). The van der Waals surface area contributed by atoms with E-state index in [4.69, 9.17) is 10.5 Å². The highest BCUT2D eigenvalue weighted by Gasteiger charge is 2.15. The summed E-state index contributed by atoms with van der Waals surface area (Å²) in [6.07, 6.45) is 0. The van der Waals surface area contributed by atoms with Crippen LogP contribution in [0.5, 0.6) is 0 Å². The number of benzene rings is 1. The fourth-order valence-electron chi connectivity index (χ4n) is 1.56. The Morgan fingerprint density at radius 2 is 1.83 bits per heavy atom. The molecule has 6 nitrogen and oxygen atoms in total. The SMILES string of the molecule is NC(=O)c1ccc(NC(=O)COC(=O)c2cc(Br)c(Br)s2)cc1. The lowest BCUT2D eigenvalue weighted by atomic mass is 10.2. The summed E-state index contributed by atoms with van der Waals surface area (Å²) in [5.74, 6) is -1.62. The smallest absolute Gasteiger partial charge is 0.348 e. The number of rotatable bonds is 5. The topological polar surface area (TPSA) is 98.5 Å². The molecular formula is C14H10Br2N2O4S. The summed E-state index contributed by atoms with van der Waals surface area (Å²) in [5.41, 5.74) is 5.93. The van der Waals surface area contributed by atoms with Crippen LogP contribution < -0.4 is 11.1 Å². The Labute approximate surface area is 152 Å². The fourth-order valence-corrected chi connectivity index (χ4v) is 3.49. The van der Waals surface area contributed by atoms with Crippen molar-refractivity contribution in [3.05, 3.63) is 49.0 Å². The molecule has 0 radical (unpaired) electrons. The van der Waals surface area contributed by atoms with Crippen molar-refractivity contribution in [1.29, 1.82) is 0 Å².